The number of hydrazone groups is 1. The van der Waals surface area contributed by atoms with Gasteiger partial charge in [0.15, 0.2) is 16.6 Å². The molecule has 0 aliphatic heterocycles. The SMILES string of the molecule is COc1cc(/C=N/NC(=O)c2csc(Nc3ccc([N+](=O)[O-])cc3)n2)ccc1O. The van der Waals surface area contributed by atoms with Crippen LogP contribution in [0.25, 0.3) is 0 Å². The minimum atomic E-state index is -0.500. The average molecular weight is 413 g/mol. The van der Waals surface area contributed by atoms with Gasteiger partial charge < -0.3 is 15.2 Å². The molecule has 0 unspecified atom stereocenters. The number of ether oxygens (including phenoxy) is 1. The third kappa shape index (κ3) is 5.05. The van der Waals surface area contributed by atoms with Gasteiger partial charge in [-0.2, -0.15) is 5.10 Å². The molecule has 0 aliphatic carbocycles. The van der Waals surface area contributed by atoms with Crippen molar-refractivity contribution in [1.29, 1.82) is 0 Å². The van der Waals surface area contributed by atoms with Crippen LogP contribution in [-0.2, 0) is 0 Å². The number of nitrogens with one attached hydrogen (secondary N) is 2. The highest BCUT2D eigenvalue weighted by molar-refractivity contribution is 7.14. The van der Waals surface area contributed by atoms with Gasteiger partial charge in [-0.15, -0.1) is 11.3 Å². The van der Waals surface area contributed by atoms with Gasteiger partial charge in [-0.25, -0.2) is 10.4 Å². The Morgan fingerprint density at radius 3 is 2.76 bits per heavy atom. The molecule has 0 saturated heterocycles. The van der Waals surface area contributed by atoms with Crippen LogP contribution in [0.2, 0.25) is 0 Å². The van der Waals surface area contributed by atoms with Gasteiger partial charge in [-0.1, -0.05) is 0 Å². The molecular weight excluding hydrogens is 398 g/mol. The maximum absolute atomic E-state index is 12.1. The maximum atomic E-state index is 12.1. The number of nitrogens with zero attached hydrogens (tertiary/aromatic N) is 3. The van der Waals surface area contributed by atoms with Crippen molar-refractivity contribution in [3.63, 3.8) is 0 Å². The van der Waals surface area contributed by atoms with Crippen LogP contribution in [0.5, 0.6) is 11.5 Å². The summed E-state index contributed by atoms with van der Waals surface area (Å²) < 4.78 is 5.00. The fourth-order valence-electron chi connectivity index (χ4n) is 2.22. The van der Waals surface area contributed by atoms with E-state index in [9.17, 15) is 20.0 Å². The molecule has 0 bridgehead atoms. The molecule has 3 N–H and O–H groups in total. The number of aromatic hydroxyl groups is 1. The van der Waals surface area contributed by atoms with Crippen LogP contribution in [0.1, 0.15) is 16.1 Å². The Morgan fingerprint density at radius 2 is 2.07 bits per heavy atom. The number of anilines is 2. The molecule has 0 saturated carbocycles. The Kier molecular flexibility index (Phi) is 6.00. The van der Waals surface area contributed by atoms with Crippen LogP contribution in [0.3, 0.4) is 0 Å². The normalized spacial score (nSPS) is 10.7. The highest BCUT2D eigenvalue weighted by atomic mass is 32.1. The topological polar surface area (TPSA) is 139 Å². The monoisotopic (exact) mass is 413 g/mol. The molecule has 0 fully saturated rings. The number of carbonyl (C=O) groups excluding carboxylic acids is 1. The van der Waals surface area contributed by atoms with Crippen LogP contribution in [0.15, 0.2) is 52.9 Å². The van der Waals surface area contributed by atoms with Crippen molar-refractivity contribution in [3.05, 3.63) is 69.2 Å². The van der Waals surface area contributed by atoms with E-state index in [2.05, 4.69) is 20.8 Å². The zero-order chi connectivity index (χ0) is 20.8. The van der Waals surface area contributed by atoms with Crippen molar-refractivity contribution in [3.8, 4) is 11.5 Å². The molecule has 29 heavy (non-hydrogen) atoms. The standard InChI is InChI=1S/C18H15N5O5S/c1-28-16-8-11(2-7-15(16)24)9-19-22-17(25)14-10-29-18(21-14)20-12-3-5-13(6-4-12)23(26)27/h2-10,24H,1H3,(H,20,21)(H,22,25)/b19-9+. The van der Waals surface area contributed by atoms with Gasteiger partial charge in [0.05, 0.1) is 18.2 Å². The van der Waals surface area contributed by atoms with Crippen molar-refractivity contribution in [2.45, 2.75) is 0 Å². The first-order valence-electron chi connectivity index (χ1n) is 8.13. The van der Waals surface area contributed by atoms with Crippen molar-refractivity contribution >= 4 is 40.0 Å². The number of nitro benzene ring substituents is 1. The van der Waals surface area contributed by atoms with Gasteiger partial charge in [0.1, 0.15) is 5.69 Å². The first kappa shape index (κ1) is 19.8. The lowest BCUT2D eigenvalue weighted by Crippen LogP contribution is -2.18. The number of carbonyl (C=O) groups is 1. The number of thiazole rings is 1. The van der Waals surface area contributed by atoms with Gasteiger partial charge in [0, 0.05) is 23.2 Å². The Morgan fingerprint density at radius 1 is 1.31 bits per heavy atom. The van der Waals surface area contributed by atoms with E-state index in [4.69, 9.17) is 4.74 Å². The van der Waals surface area contributed by atoms with Crippen LogP contribution >= 0.6 is 11.3 Å². The summed E-state index contributed by atoms with van der Waals surface area (Å²) in [6, 6.07) is 10.5. The summed E-state index contributed by atoms with van der Waals surface area (Å²) in [5.74, 6) is -0.203. The smallest absolute Gasteiger partial charge is 0.290 e. The number of hydrogen-bond donors (Lipinski definition) is 3. The molecular formula is C18H15N5O5S. The third-order valence-electron chi connectivity index (χ3n) is 3.65. The second-order valence-electron chi connectivity index (χ2n) is 5.60. The third-order valence-corrected chi connectivity index (χ3v) is 4.41. The van der Waals surface area contributed by atoms with E-state index in [-0.39, 0.29) is 17.1 Å². The van der Waals surface area contributed by atoms with Crippen molar-refractivity contribution in [2.24, 2.45) is 5.10 Å². The van der Waals surface area contributed by atoms with E-state index in [1.165, 1.54) is 42.9 Å². The second-order valence-corrected chi connectivity index (χ2v) is 6.46. The molecule has 0 atom stereocenters. The fourth-order valence-corrected chi connectivity index (χ4v) is 2.93. The fraction of sp³-hybridized carbons (Fsp3) is 0.0556. The van der Waals surface area contributed by atoms with E-state index in [0.29, 0.717) is 22.1 Å². The summed E-state index contributed by atoms with van der Waals surface area (Å²) in [6.45, 7) is 0. The van der Waals surface area contributed by atoms with Crippen LogP contribution in [0, 0.1) is 10.1 Å². The van der Waals surface area contributed by atoms with Gasteiger partial charge >= 0.3 is 0 Å². The van der Waals surface area contributed by atoms with E-state index in [1.807, 2.05) is 0 Å². The lowest BCUT2D eigenvalue weighted by molar-refractivity contribution is -0.384. The molecule has 0 spiro atoms. The number of phenols is 1. The molecule has 1 aromatic heterocycles. The van der Waals surface area contributed by atoms with Crippen LogP contribution in [0.4, 0.5) is 16.5 Å². The van der Waals surface area contributed by atoms with E-state index >= 15 is 0 Å². The van der Waals surface area contributed by atoms with Gasteiger partial charge in [0.25, 0.3) is 11.6 Å². The molecule has 148 valence electrons. The van der Waals surface area contributed by atoms with E-state index < -0.39 is 10.8 Å². The summed E-state index contributed by atoms with van der Waals surface area (Å²) in [7, 11) is 1.43. The number of benzene rings is 2. The molecule has 11 heteroatoms. The second kappa shape index (κ2) is 8.80. The Labute approximate surface area is 168 Å². The molecule has 0 aliphatic rings. The number of phenolic OH excluding ortho intramolecular Hbond substituents is 1. The van der Waals surface area contributed by atoms with Crippen LogP contribution < -0.4 is 15.5 Å². The number of amides is 1. The molecule has 1 heterocycles. The predicted molar refractivity (Wildman–Crippen MR) is 108 cm³/mol. The summed E-state index contributed by atoms with van der Waals surface area (Å²) >= 11 is 1.21. The Balaban J connectivity index is 1.59. The Hall–Kier alpha value is -3.99. The number of nitro groups is 1. The first-order valence-corrected chi connectivity index (χ1v) is 9.01. The average Bonchev–Trinajstić information content (AvgIpc) is 3.18. The molecule has 3 aromatic rings. The summed E-state index contributed by atoms with van der Waals surface area (Å²) in [6.07, 6.45) is 1.41. The highest BCUT2D eigenvalue weighted by Crippen LogP contribution is 2.25. The summed E-state index contributed by atoms with van der Waals surface area (Å²) in [5, 5.41) is 29.1. The van der Waals surface area contributed by atoms with Gasteiger partial charge in [-0.3, -0.25) is 14.9 Å². The van der Waals surface area contributed by atoms with E-state index in [1.54, 1.807) is 29.6 Å². The molecule has 2 aromatic carbocycles. The van der Waals surface area contributed by atoms with Crippen molar-refractivity contribution < 1.29 is 19.6 Å². The largest absolute Gasteiger partial charge is 0.504 e. The summed E-state index contributed by atoms with van der Waals surface area (Å²) in [4.78, 5) is 26.5. The Bertz CT molecular complexity index is 1060. The number of methoxy groups -OCH3 is 1. The number of aromatic nitrogens is 1. The summed E-state index contributed by atoms with van der Waals surface area (Å²) in [5.41, 5.74) is 3.75. The highest BCUT2D eigenvalue weighted by Gasteiger charge is 2.11. The minimum Gasteiger partial charge on any atom is -0.504 e. The first-order chi connectivity index (χ1) is 14.0. The van der Waals surface area contributed by atoms with Crippen LogP contribution in [-0.4, -0.2) is 34.2 Å². The quantitative estimate of drug-likeness (QED) is 0.307. The molecule has 10 nitrogen and oxygen atoms in total. The molecule has 3 rings (SSSR count). The predicted octanol–water partition coefficient (Wildman–Crippen LogP) is 3.27. The number of hydrogen-bond acceptors (Lipinski definition) is 9. The zero-order valence-corrected chi connectivity index (χ0v) is 15.8. The maximum Gasteiger partial charge on any atom is 0.290 e. The number of non-ortho nitro benzene ring substituents is 1. The number of rotatable bonds is 7. The van der Waals surface area contributed by atoms with Crippen molar-refractivity contribution in [1.82, 2.24) is 10.4 Å². The van der Waals surface area contributed by atoms with Gasteiger partial charge in [0.2, 0.25) is 0 Å². The minimum absolute atomic E-state index is 0.00390. The van der Waals surface area contributed by atoms with E-state index in [0.717, 1.165) is 0 Å². The van der Waals surface area contributed by atoms with Gasteiger partial charge in [-0.05, 0) is 35.9 Å². The van der Waals surface area contributed by atoms with Crippen molar-refractivity contribution in [2.75, 3.05) is 12.4 Å². The lowest BCUT2D eigenvalue weighted by atomic mass is 10.2. The molecule has 1 amide bonds. The zero-order valence-electron chi connectivity index (χ0n) is 15.0. The lowest BCUT2D eigenvalue weighted by Gasteiger charge is -2.03. The molecule has 0 radical (unpaired) electrons.